The predicted octanol–water partition coefficient (Wildman–Crippen LogP) is 1.84. The van der Waals surface area contributed by atoms with Gasteiger partial charge in [-0.25, -0.2) is 8.42 Å². The maximum atomic E-state index is 12.9. The van der Waals surface area contributed by atoms with E-state index in [1.54, 1.807) is 11.4 Å². The van der Waals surface area contributed by atoms with E-state index in [4.69, 9.17) is 5.73 Å². The molecule has 0 aliphatic heterocycles. The molecule has 1 aromatic heterocycles. The van der Waals surface area contributed by atoms with Gasteiger partial charge >= 0.3 is 0 Å². The standard InChI is InChI=1S/C13H26N4O2S/c1-6-11(7-2)17(8-10(3)4)20(18,19)12-9-16(5)15-13(12)14/h9-11H,6-8H2,1-5H3,(H2,14,15). The molecule has 0 bridgehead atoms. The lowest BCUT2D eigenvalue weighted by Crippen LogP contribution is -2.42. The lowest BCUT2D eigenvalue weighted by Gasteiger charge is -2.30. The van der Waals surface area contributed by atoms with E-state index < -0.39 is 10.0 Å². The third-order valence-electron chi connectivity index (χ3n) is 3.30. The highest BCUT2D eigenvalue weighted by Crippen LogP contribution is 2.25. The van der Waals surface area contributed by atoms with Crippen molar-refractivity contribution in [1.82, 2.24) is 14.1 Å². The maximum Gasteiger partial charge on any atom is 0.248 e. The Morgan fingerprint density at radius 2 is 1.90 bits per heavy atom. The molecule has 0 saturated heterocycles. The van der Waals surface area contributed by atoms with Crippen LogP contribution in [0.15, 0.2) is 11.1 Å². The summed E-state index contributed by atoms with van der Waals surface area (Å²) in [6, 6.07) is -0.0120. The van der Waals surface area contributed by atoms with E-state index in [0.717, 1.165) is 12.8 Å². The molecule has 7 heteroatoms. The van der Waals surface area contributed by atoms with E-state index in [0.29, 0.717) is 6.54 Å². The molecular weight excluding hydrogens is 276 g/mol. The number of aryl methyl sites for hydroxylation is 1. The molecule has 0 aliphatic rings. The Hall–Kier alpha value is -1.08. The summed E-state index contributed by atoms with van der Waals surface area (Å²) in [5.41, 5.74) is 5.74. The lowest BCUT2D eigenvalue weighted by atomic mass is 10.1. The molecule has 0 amide bonds. The highest BCUT2D eigenvalue weighted by atomic mass is 32.2. The van der Waals surface area contributed by atoms with Crippen molar-refractivity contribution in [2.45, 2.75) is 51.5 Å². The Morgan fingerprint density at radius 3 is 2.25 bits per heavy atom. The average molecular weight is 302 g/mol. The fraction of sp³-hybridized carbons (Fsp3) is 0.769. The third kappa shape index (κ3) is 3.52. The van der Waals surface area contributed by atoms with Crippen molar-refractivity contribution >= 4 is 15.8 Å². The van der Waals surface area contributed by atoms with E-state index in [1.165, 1.54) is 10.9 Å². The van der Waals surface area contributed by atoms with Crippen LogP contribution in [-0.4, -0.2) is 35.1 Å². The van der Waals surface area contributed by atoms with Gasteiger partial charge in [0.15, 0.2) is 5.82 Å². The number of sulfonamides is 1. The van der Waals surface area contributed by atoms with Gasteiger partial charge in [0.25, 0.3) is 0 Å². The van der Waals surface area contributed by atoms with E-state index >= 15 is 0 Å². The number of anilines is 1. The fourth-order valence-corrected chi connectivity index (χ4v) is 4.34. The van der Waals surface area contributed by atoms with Crippen molar-refractivity contribution in [1.29, 1.82) is 0 Å². The van der Waals surface area contributed by atoms with Gasteiger partial charge in [0, 0.05) is 25.8 Å². The van der Waals surface area contributed by atoms with Crippen LogP contribution in [-0.2, 0) is 17.1 Å². The van der Waals surface area contributed by atoms with Crippen molar-refractivity contribution < 1.29 is 8.42 Å². The number of nitrogen functional groups attached to an aromatic ring is 1. The van der Waals surface area contributed by atoms with Crippen LogP contribution in [0.25, 0.3) is 0 Å². The number of nitrogens with two attached hydrogens (primary N) is 1. The molecule has 0 aromatic carbocycles. The smallest absolute Gasteiger partial charge is 0.248 e. The Kier molecular flexibility index (Phi) is 5.59. The van der Waals surface area contributed by atoms with Crippen molar-refractivity contribution in [2.24, 2.45) is 13.0 Å². The Bertz CT molecular complexity index is 533. The summed E-state index contributed by atoms with van der Waals surface area (Å²) in [5, 5.41) is 3.94. The first-order chi connectivity index (χ1) is 9.23. The van der Waals surface area contributed by atoms with E-state index in [-0.39, 0.29) is 22.7 Å². The van der Waals surface area contributed by atoms with Gasteiger partial charge in [0.1, 0.15) is 4.90 Å². The second-order valence-corrected chi connectivity index (χ2v) is 7.35. The first kappa shape index (κ1) is 17.0. The van der Waals surface area contributed by atoms with Crippen molar-refractivity contribution in [2.75, 3.05) is 12.3 Å². The molecule has 0 saturated carbocycles. The molecule has 116 valence electrons. The summed E-state index contributed by atoms with van der Waals surface area (Å²) in [5.74, 6) is 0.315. The summed E-state index contributed by atoms with van der Waals surface area (Å²) in [4.78, 5) is 0.104. The highest BCUT2D eigenvalue weighted by molar-refractivity contribution is 7.89. The summed E-state index contributed by atoms with van der Waals surface area (Å²) in [6.07, 6.45) is 3.03. The molecule has 0 spiro atoms. The number of nitrogens with zero attached hydrogens (tertiary/aromatic N) is 3. The van der Waals surface area contributed by atoms with Crippen molar-refractivity contribution in [3.63, 3.8) is 0 Å². The monoisotopic (exact) mass is 302 g/mol. The van der Waals surface area contributed by atoms with Crippen LogP contribution in [0.4, 0.5) is 5.82 Å². The van der Waals surface area contributed by atoms with Gasteiger partial charge in [0.05, 0.1) is 0 Å². The van der Waals surface area contributed by atoms with E-state index in [2.05, 4.69) is 5.10 Å². The number of aromatic nitrogens is 2. The van der Waals surface area contributed by atoms with Gasteiger partial charge in [-0.15, -0.1) is 0 Å². The number of hydrogen-bond donors (Lipinski definition) is 1. The number of hydrogen-bond acceptors (Lipinski definition) is 4. The SMILES string of the molecule is CCC(CC)N(CC(C)C)S(=O)(=O)c1cn(C)nc1N. The van der Waals surface area contributed by atoms with E-state index in [1.807, 2.05) is 27.7 Å². The zero-order valence-electron chi connectivity index (χ0n) is 13.0. The summed E-state index contributed by atoms with van der Waals surface area (Å²) in [6.45, 7) is 8.52. The van der Waals surface area contributed by atoms with Crippen LogP contribution in [0.2, 0.25) is 0 Å². The van der Waals surface area contributed by atoms with Crippen LogP contribution in [0.1, 0.15) is 40.5 Å². The summed E-state index contributed by atoms with van der Waals surface area (Å²) in [7, 11) is -1.94. The van der Waals surface area contributed by atoms with Crippen LogP contribution in [0.3, 0.4) is 0 Å². The molecule has 0 unspecified atom stereocenters. The molecule has 20 heavy (non-hydrogen) atoms. The van der Waals surface area contributed by atoms with Gasteiger partial charge in [-0.1, -0.05) is 27.7 Å². The minimum atomic E-state index is -3.60. The quantitative estimate of drug-likeness (QED) is 0.833. The van der Waals surface area contributed by atoms with Crippen molar-refractivity contribution in [3.05, 3.63) is 6.20 Å². The number of rotatable bonds is 7. The zero-order chi connectivity index (χ0) is 15.5. The second-order valence-electron chi connectivity index (χ2n) is 5.49. The Balaban J connectivity index is 3.27. The van der Waals surface area contributed by atoms with Crippen LogP contribution < -0.4 is 5.73 Å². The average Bonchev–Trinajstić information content (AvgIpc) is 2.69. The second kappa shape index (κ2) is 6.58. The normalized spacial score (nSPS) is 12.8. The van der Waals surface area contributed by atoms with Crippen molar-refractivity contribution in [3.8, 4) is 0 Å². The Morgan fingerprint density at radius 1 is 1.35 bits per heavy atom. The van der Waals surface area contributed by atoms with Gasteiger partial charge in [-0.3, -0.25) is 4.68 Å². The minimum Gasteiger partial charge on any atom is -0.381 e. The van der Waals surface area contributed by atoms with Gasteiger partial charge in [-0.2, -0.15) is 9.40 Å². The third-order valence-corrected chi connectivity index (χ3v) is 5.24. The van der Waals surface area contributed by atoms with Crippen LogP contribution >= 0.6 is 0 Å². The molecule has 1 rings (SSSR count). The topological polar surface area (TPSA) is 81.2 Å². The fourth-order valence-electron chi connectivity index (χ4n) is 2.31. The molecule has 0 aliphatic carbocycles. The largest absolute Gasteiger partial charge is 0.381 e. The first-order valence-corrected chi connectivity index (χ1v) is 8.48. The molecule has 1 heterocycles. The van der Waals surface area contributed by atoms with Crippen LogP contribution in [0.5, 0.6) is 0 Å². The first-order valence-electron chi connectivity index (χ1n) is 7.04. The minimum absolute atomic E-state index is 0.0120. The molecular formula is C13H26N4O2S. The summed E-state index contributed by atoms with van der Waals surface area (Å²) >= 11 is 0. The highest BCUT2D eigenvalue weighted by Gasteiger charge is 2.33. The molecule has 0 atom stereocenters. The van der Waals surface area contributed by atoms with Gasteiger partial charge < -0.3 is 5.73 Å². The molecule has 0 fully saturated rings. The lowest BCUT2D eigenvalue weighted by molar-refractivity contribution is 0.277. The maximum absolute atomic E-state index is 12.9. The molecule has 2 N–H and O–H groups in total. The van der Waals surface area contributed by atoms with Crippen LogP contribution in [0, 0.1) is 5.92 Å². The predicted molar refractivity (Wildman–Crippen MR) is 80.7 cm³/mol. The van der Waals surface area contributed by atoms with Gasteiger partial charge in [0.2, 0.25) is 10.0 Å². The molecule has 1 aromatic rings. The molecule has 0 radical (unpaired) electrons. The molecule has 6 nitrogen and oxygen atoms in total. The Labute approximate surface area is 122 Å². The van der Waals surface area contributed by atoms with E-state index in [9.17, 15) is 8.42 Å². The summed E-state index contributed by atoms with van der Waals surface area (Å²) < 4.78 is 28.7. The van der Waals surface area contributed by atoms with Gasteiger partial charge in [-0.05, 0) is 18.8 Å². The zero-order valence-corrected chi connectivity index (χ0v) is 13.8.